The van der Waals surface area contributed by atoms with Gasteiger partial charge < -0.3 is 20.7 Å². The van der Waals surface area contributed by atoms with Crippen LogP contribution in [-0.2, 0) is 4.74 Å². The van der Waals surface area contributed by atoms with Crippen molar-refractivity contribution in [3.05, 3.63) is 71.7 Å². The average Bonchev–Trinajstić information content (AvgIpc) is 3.07. The standard InChI is InChI=1S/C27H35ClFN5O/c1-3-7-22(12-13-30-14-15-35-2)33-27-17-23(24(28)19-32-27)25-10-6-11-26(34-25)31-18-20-8-4-5-9-21(29)16-20/h4-6,8-11,16-17,19-20,22,30H,3,7,12-15,18H2,1-2H3,(H,31,34)(H,32,33). The van der Waals surface area contributed by atoms with Gasteiger partial charge in [0.05, 0.1) is 17.3 Å². The largest absolute Gasteiger partial charge is 0.383 e. The van der Waals surface area contributed by atoms with Crippen LogP contribution in [0.25, 0.3) is 11.3 Å². The van der Waals surface area contributed by atoms with Crippen molar-refractivity contribution >= 4 is 23.2 Å². The molecular weight excluding hydrogens is 465 g/mol. The Labute approximate surface area is 212 Å². The first kappa shape index (κ1) is 26.9. The summed E-state index contributed by atoms with van der Waals surface area (Å²) in [5.74, 6) is 1.18. The highest BCUT2D eigenvalue weighted by molar-refractivity contribution is 6.33. The van der Waals surface area contributed by atoms with E-state index in [0.29, 0.717) is 30.0 Å². The number of methoxy groups -OCH3 is 1. The molecule has 0 amide bonds. The van der Waals surface area contributed by atoms with Crippen LogP contribution in [0.2, 0.25) is 5.02 Å². The first-order valence-corrected chi connectivity index (χ1v) is 12.5. The minimum absolute atomic E-state index is 0.0599. The SMILES string of the molecule is CCCC(CCNCCOC)Nc1cc(-c2cccc(NCC3C=CC=CC(F)=C3)n2)c(Cl)cn1. The summed E-state index contributed by atoms with van der Waals surface area (Å²) in [7, 11) is 1.71. The fourth-order valence-electron chi connectivity index (χ4n) is 3.84. The first-order chi connectivity index (χ1) is 17.1. The number of nitrogens with one attached hydrogen (secondary N) is 3. The molecule has 188 valence electrons. The Hall–Kier alpha value is -2.74. The van der Waals surface area contributed by atoms with E-state index in [4.69, 9.17) is 21.3 Å². The molecule has 2 unspecified atom stereocenters. The highest BCUT2D eigenvalue weighted by atomic mass is 35.5. The minimum Gasteiger partial charge on any atom is -0.383 e. The van der Waals surface area contributed by atoms with E-state index in [0.717, 1.165) is 49.4 Å². The van der Waals surface area contributed by atoms with Crippen molar-refractivity contribution in [2.45, 2.75) is 32.2 Å². The lowest BCUT2D eigenvalue weighted by molar-refractivity contribution is 0.199. The van der Waals surface area contributed by atoms with Crippen molar-refractivity contribution in [3.8, 4) is 11.3 Å². The molecule has 0 aromatic carbocycles. The van der Waals surface area contributed by atoms with Gasteiger partial charge in [-0.25, -0.2) is 14.4 Å². The molecule has 0 bridgehead atoms. The number of halogens is 2. The Bertz CT molecular complexity index is 1030. The maximum atomic E-state index is 13.7. The topological polar surface area (TPSA) is 71.1 Å². The third-order valence-electron chi connectivity index (χ3n) is 5.64. The van der Waals surface area contributed by atoms with E-state index in [1.165, 1.54) is 6.08 Å². The molecule has 1 aliphatic carbocycles. The van der Waals surface area contributed by atoms with Crippen LogP contribution in [0.4, 0.5) is 16.0 Å². The number of rotatable bonds is 14. The number of nitrogens with zero attached hydrogens (tertiary/aromatic N) is 2. The molecule has 6 nitrogen and oxygen atoms in total. The number of anilines is 2. The maximum Gasteiger partial charge on any atom is 0.126 e. The van der Waals surface area contributed by atoms with Crippen LogP contribution >= 0.6 is 11.6 Å². The molecule has 2 atom stereocenters. The van der Waals surface area contributed by atoms with Gasteiger partial charge in [0.1, 0.15) is 17.5 Å². The summed E-state index contributed by atoms with van der Waals surface area (Å²) in [6, 6.07) is 8.00. The van der Waals surface area contributed by atoms with E-state index in [9.17, 15) is 4.39 Å². The highest BCUT2D eigenvalue weighted by Crippen LogP contribution is 2.29. The van der Waals surface area contributed by atoms with Gasteiger partial charge in [-0.15, -0.1) is 0 Å². The van der Waals surface area contributed by atoms with Gasteiger partial charge in [0.25, 0.3) is 0 Å². The van der Waals surface area contributed by atoms with Gasteiger partial charge in [-0.05, 0) is 49.7 Å². The molecule has 8 heteroatoms. The minimum atomic E-state index is -0.237. The van der Waals surface area contributed by atoms with E-state index < -0.39 is 0 Å². The van der Waals surface area contributed by atoms with Crippen LogP contribution in [0.1, 0.15) is 26.2 Å². The molecule has 3 rings (SSSR count). The van der Waals surface area contributed by atoms with Gasteiger partial charge >= 0.3 is 0 Å². The Balaban J connectivity index is 1.66. The quantitative estimate of drug-likeness (QED) is 0.276. The second kappa shape index (κ2) is 14.6. The van der Waals surface area contributed by atoms with Crippen molar-refractivity contribution in [2.75, 3.05) is 44.0 Å². The molecule has 2 aromatic heterocycles. The fourth-order valence-corrected chi connectivity index (χ4v) is 4.04. The van der Waals surface area contributed by atoms with E-state index in [1.807, 2.05) is 36.4 Å². The van der Waals surface area contributed by atoms with Crippen LogP contribution < -0.4 is 16.0 Å². The van der Waals surface area contributed by atoms with Crippen molar-refractivity contribution in [3.63, 3.8) is 0 Å². The summed E-state index contributed by atoms with van der Waals surface area (Å²) in [5.41, 5.74) is 1.56. The first-order valence-electron chi connectivity index (χ1n) is 12.1. The zero-order chi connectivity index (χ0) is 24.9. The highest BCUT2D eigenvalue weighted by Gasteiger charge is 2.13. The monoisotopic (exact) mass is 499 g/mol. The third kappa shape index (κ3) is 9.09. The predicted molar refractivity (Wildman–Crippen MR) is 144 cm³/mol. The van der Waals surface area contributed by atoms with Crippen molar-refractivity contribution in [2.24, 2.45) is 5.92 Å². The number of pyridine rings is 2. The molecule has 0 fully saturated rings. The zero-order valence-electron chi connectivity index (χ0n) is 20.4. The molecule has 2 heterocycles. The predicted octanol–water partition coefficient (Wildman–Crippen LogP) is 6.01. The van der Waals surface area contributed by atoms with E-state index >= 15 is 0 Å². The molecule has 0 aliphatic heterocycles. The van der Waals surface area contributed by atoms with Gasteiger partial charge in [0, 0.05) is 43.9 Å². The van der Waals surface area contributed by atoms with Gasteiger partial charge in [-0.2, -0.15) is 0 Å². The second-order valence-electron chi connectivity index (χ2n) is 8.46. The van der Waals surface area contributed by atoms with E-state index in [1.54, 1.807) is 25.5 Å². The van der Waals surface area contributed by atoms with Gasteiger partial charge in [0.2, 0.25) is 0 Å². The lowest BCUT2D eigenvalue weighted by atomic mass is 10.1. The zero-order valence-corrected chi connectivity index (χ0v) is 21.2. The molecule has 0 saturated carbocycles. The summed E-state index contributed by atoms with van der Waals surface area (Å²) in [6.45, 7) is 5.17. The van der Waals surface area contributed by atoms with Gasteiger partial charge in [0.15, 0.2) is 0 Å². The Morgan fingerprint density at radius 1 is 1.17 bits per heavy atom. The Morgan fingerprint density at radius 2 is 2.06 bits per heavy atom. The Kier molecular flexibility index (Phi) is 11.2. The van der Waals surface area contributed by atoms with Crippen molar-refractivity contribution < 1.29 is 9.13 Å². The number of allylic oxidation sites excluding steroid dienone is 4. The summed E-state index contributed by atoms with van der Waals surface area (Å²) in [5, 5.41) is 10.8. The van der Waals surface area contributed by atoms with Crippen LogP contribution in [0.3, 0.4) is 0 Å². The number of hydrogen-bond donors (Lipinski definition) is 3. The molecule has 2 aromatic rings. The third-order valence-corrected chi connectivity index (χ3v) is 5.94. The number of hydrogen-bond acceptors (Lipinski definition) is 6. The number of ether oxygens (including phenoxy) is 1. The fraction of sp³-hybridized carbons (Fsp3) is 0.407. The van der Waals surface area contributed by atoms with Crippen molar-refractivity contribution in [1.29, 1.82) is 0 Å². The van der Waals surface area contributed by atoms with E-state index in [2.05, 4.69) is 27.9 Å². The van der Waals surface area contributed by atoms with Crippen LogP contribution in [0.15, 0.2) is 66.7 Å². The molecular formula is C27H35ClFN5O. The molecule has 3 N–H and O–H groups in total. The molecule has 0 spiro atoms. The smallest absolute Gasteiger partial charge is 0.126 e. The van der Waals surface area contributed by atoms with Crippen LogP contribution in [0.5, 0.6) is 0 Å². The van der Waals surface area contributed by atoms with Crippen LogP contribution in [0, 0.1) is 5.92 Å². The lowest BCUT2D eigenvalue weighted by Gasteiger charge is -2.20. The van der Waals surface area contributed by atoms with Crippen molar-refractivity contribution in [1.82, 2.24) is 15.3 Å². The average molecular weight is 500 g/mol. The van der Waals surface area contributed by atoms with Gasteiger partial charge in [-0.1, -0.05) is 49.2 Å². The molecule has 0 radical (unpaired) electrons. The molecule has 0 saturated heterocycles. The summed E-state index contributed by atoms with van der Waals surface area (Å²) < 4.78 is 18.8. The normalized spacial score (nSPS) is 16.0. The summed E-state index contributed by atoms with van der Waals surface area (Å²) >= 11 is 6.51. The Morgan fingerprint density at radius 3 is 2.89 bits per heavy atom. The van der Waals surface area contributed by atoms with E-state index in [-0.39, 0.29) is 11.7 Å². The molecule has 35 heavy (non-hydrogen) atoms. The van der Waals surface area contributed by atoms with Gasteiger partial charge in [-0.3, -0.25) is 0 Å². The maximum absolute atomic E-state index is 13.7. The van der Waals surface area contributed by atoms with Crippen LogP contribution in [-0.4, -0.2) is 49.4 Å². The summed E-state index contributed by atoms with van der Waals surface area (Å²) in [4.78, 5) is 9.24. The second-order valence-corrected chi connectivity index (χ2v) is 8.87. The molecule has 1 aliphatic rings. The summed E-state index contributed by atoms with van der Waals surface area (Å²) in [6.07, 6.45) is 13.3. The number of aromatic nitrogens is 2. The lowest BCUT2D eigenvalue weighted by Crippen LogP contribution is -2.28.